The Hall–Kier alpha value is -2.63. The lowest BCUT2D eigenvalue weighted by Crippen LogP contribution is -2.63. The summed E-state index contributed by atoms with van der Waals surface area (Å²) in [5.74, 6) is -2.31. The van der Waals surface area contributed by atoms with E-state index in [-0.39, 0.29) is 13.0 Å². The van der Waals surface area contributed by atoms with Gasteiger partial charge >= 0.3 is 6.09 Å². The fourth-order valence-electron chi connectivity index (χ4n) is 5.02. The fourth-order valence-corrected chi connectivity index (χ4v) is 5.02. The van der Waals surface area contributed by atoms with Crippen molar-refractivity contribution < 1.29 is 37.4 Å². The summed E-state index contributed by atoms with van der Waals surface area (Å²) in [5, 5.41) is 5.86. The minimum absolute atomic E-state index is 0.0779. The van der Waals surface area contributed by atoms with Crippen LogP contribution in [-0.4, -0.2) is 71.6 Å². The number of carbonyl (C=O) groups excluding carboxylic acids is 3. The van der Waals surface area contributed by atoms with Crippen molar-refractivity contribution in [1.82, 2.24) is 15.5 Å². The van der Waals surface area contributed by atoms with Gasteiger partial charge in [-0.3, -0.25) is 19.8 Å². The van der Waals surface area contributed by atoms with E-state index in [0.29, 0.717) is 31.6 Å². The average Bonchev–Trinajstić information content (AvgIpc) is 3.05. The molecule has 2 aliphatic heterocycles. The maximum absolute atomic E-state index is 14.1. The summed E-state index contributed by atoms with van der Waals surface area (Å²) in [6.45, 7) is 14.6. The molecule has 3 amide bonds. The minimum atomic E-state index is -1.13. The average molecular weight is 568 g/mol. The van der Waals surface area contributed by atoms with Crippen molar-refractivity contribution in [3.05, 3.63) is 35.4 Å². The number of carbonyl (C=O) groups is 3. The van der Waals surface area contributed by atoms with Gasteiger partial charge in [0.15, 0.2) is 0 Å². The normalized spacial score (nSPS) is 22.6. The molecule has 0 saturated carbocycles. The SMILES string of the molecule is CC(C)(C)OC(=O)N1[C@@H](Cc2cc(F)cc(F)c2)[C@@H](CNC2(C(=O)NC(=O)C(C)(C)C)CCOCC2)OC1(C)C. The van der Waals surface area contributed by atoms with Gasteiger partial charge in [-0.15, -0.1) is 0 Å². The second-order valence-corrected chi connectivity index (χ2v) is 13.1. The van der Waals surface area contributed by atoms with Gasteiger partial charge in [0.05, 0.1) is 12.1 Å². The lowest BCUT2D eigenvalue weighted by molar-refractivity contribution is -0.141. The van der Waals surface area contributed by atoms with E-state index in [1.54, 1.807) is 55.4 Å². The van der Waals surface area contributed by atoms with Crippen molar-refractivity contribution in [2.24, 2.45) is 5.41 Å². The molecule has 0 aromatic heterocycles. The van der Waals surface area contributed by atoms with Gasteiger partial charge in [-0.05, 0) is 71.6 Å². The molecule has 0 bridgehead atoms. The largest absolute Gasteiger partial charge is 0.444 e. The van der Waals surface area contributed by atoms with Gasteiger partial charge in [-0.2, -0.15) is 0 Å². The van der Waals surface area contributed by atoms with Gasteiger partial charge in [-0.1, -0.05) is 20.8 Å². The van der Waals surface area contributed by atoms with Crippen molar-refractivity contribution in [3.63, 3.8) is 0 Å². The van der Waals surface area contributed by atoms with E-state index in [2.05, 4.69) is 10.6 Å². The van der Waals surface area contributed by atoms with Crippen LogP contribution in [0.5, 0.6) is 0 Å². The highest BCUT2D eigenvalue weighted by atomic mass is 19.1. The molecular formula is C29H43F2N3O6. The third kappa shape index (κ3) is 7.76. The van der Waals surface area contributed by atoms with Gasteiger partial charge in [0, 0.05) is 31.2 Å². The molecule has 0 unspecified atom stereocenters. The molecule has 224 valence electrons. The number of rotatable bonds is 6. The molecule has 0 spiro atoms. The topological polar surface area (TPSA) is 106 Å². The van der Waals surface area contributed by atoms with Crippen LogP contribution in [0.2, 0.25) is 0 Å². The smallest absolute Gasteiger partial charge is 0.412 e. The van der Waals surface area contributed by atoms with Crippen LogP contribution in [0.15, 0.2) is 18.2 Å². The monoisotopic (exact) mass is 567 g/mol. The third-order valence-corrected chi connectivity index (χ3v) is 7.07. The zero-order chi connectivity index (χ0) is 30.1. The number of ether oxygens (including phenoxy) is 3. The number of hydrogen-bond donors (Lipinski definition) is 2. The zero-order valence-corrected chi connectivity index (χ0v) is 24.8. The lowest BCUT2D eigenvalue weighted by atomic mass is 9.87. The molecule has 3 rings (SSSR count). The van der Waals surface area contributed by atoms with E-state index in [1.165, 1.54) is 17.0 Å². The molecular weight excluding hydrogens is 524 g/mol. The Kier molecular flexibility index (Phi) is 9.33. The van der Waals surface area contributed by atoms with Gasteiger partial charge in [-0.25, -0.2) is 13.6 Å². The Morgan fingerprint density at radius 2 is 1.60 bits per heavy atom. The van der Waals surface area contributed by atoms with E-state index in [9.17, 15) is 23.2 Å². The van der Waals surface area contributed by atoms with Gasteiger partial charge in [0.1, 0.15) is 28.5 Å². The van der Waals surface area contributed by atoms with Crippen molar-refractivity contribution >= 4 is 17.9 Å². The summed E-state index contributed by atoms with van der Waals surface area (Å²) in [5.41, 5.74) is -3.44. The first-order valence-electron chi connectivity index (χ1n) is 13.7. The van der Waals surface area contributed by atoms with Crippen LogP contribution in [0.4, 0.5) is 13.6 Å². The molecule has 11 heteroatoms. The maximum atomic E-state index is 14.1. The molecule has 2 saturated heterocycles. The number of hydrogen-bond acceptors (Lipinski definition) is 7. The van der Waals surface area contributed by atoms with E-state index in [0.717, 1.165) is 6.07 Å². The maximum Gasteiger partial charge on any atom is 0.412 e. The van der Waals surface area contributed by atoms with Crippen molar-refractivity contribution in [2.45, 2.75) is 104 Å². The first-order valence-corrected chi connectivity index (χ1v) is 13.7. The first kappa shape index (κ1) is 31.9. The molecule has 2 aliphatic rings. The van der Waals surface area contributed by atoms with Crippen LogP contribution in [0.3, 0.4) is 0 Å². The number of amides is 3. The minimum Gasteiger partial charge on any atom is -0.444 e. The van der Waals surface area contributed by atoms with E-state index < -0.39 is 64.0 Å². The van der Waals surface area contributed by atoms with Crippen LogP contribution in [0.1, 0.15) is 73.8 Å². The van der Waals surface area contributed by atoms with Crippen LogP contribution in [0.25, 0.3) is 0 Å². The van der Waals surface area contributed by atoms with Crippen molar-refractivity contribution in [2.75, 3.05) is 19.8 Å². The van der Waals surface area contributed by atoms with Gasteiger partial charge < -0.3 is 19.5 Å². The lowest BCUT2D eigenvalue weighted by Gasteiger charge is -2.38. The van der Waals surface area contributed by atoms with E-state index in [4.69, 9.17) is 14.2 Å². The predicted octanol–water partition coefficient (Wildman–Crippen LogP) is 4.08. The Labute approximate surface area is 235 Å². The standard InChI is InChI=1S/C29H43F2N3O6/c1-26(2,3)23(35)33-24(36)29(9-11-38-12-10-29)32-17-22-21(15-18-13-19(30)16-20(31)14-18)34(28(7,8)39-22)25(37)40-27(4,5)6/h13-14,16,21-22,32H,9-12,15,17H2,1-8H3,(H,33,35,36)/t21-,22+/m0/s1. The number of imide groups is 1. The van der Waals surface area contributed by atoms with Crippen LogP contribution in [-0.2, 0) is 30.2 Å². The molecule has 40 heavy (non-hydrogen) atoms. The Morgan fingerprint density at radius 1 is 1.02 bits per heavy atom. The number of nitrogens with one attached hydrogen (secondary N) is 2. The zero-order valence-electron chi connectivity index (χ0n) is 24.8. The van der Waals surface area contributed by atoms with Gasteiger partial charge in [0.2, 0.25) is 11.8 Å². The summed E-state index contributed by atoms with van der Waals surface area (Å²) in [6.07, 6.45) is -0.589. The molecule has 1 aromatic carbocycles. The molecule has 2 heterocycles. The second-order valence-electron chi connectivity index (χ2n) is 13.1. The van der Waals surface area contributed by atoms with E-state index in [1.807, 2.05) is 0 Å². The highest BCUT2D eigenvalue weighted by Crippen LogP contribution is 2.36. The first-order chi connectivity index (χ1) is 18.3. The van der Waals surface area contributed by atoms with Crippen molar-refractivity contribution in [3.8, 4) is 0 Å². The molecule has 2 N–H and O–H groups in total. The summed E-state index contributed by atoms with van der Waals surface area (Å²) >= 11 is 0. The molecule has 0 aliphatic carbocycles. The molecule has 9 nitrogen and oxygen atoms in total. The van der Waals surface area contributed by atoms with Crippen molar-refractivity contribution in [1.29, 1.82) is 0 Å². The van der Waals surface area contributed by atoms with Crippen LogP contribution >= 0.6 is 0 Å². The number of nitrogens with zero attached hydrogens (tertiary/aromatic N) is 1. The Bertz CT molecular complexity index is 1090. The molecule has 2 atom stereocenters. The molecule has 0 radical (unpaired) electrons. The summed E-state index contributed by atoms with van der Waals surface area (Å²) in [7, 11) is 0. The third-order valence-electron chi connectivity index (χ3n) is 7.07. The Balaban J connectivity index is 1.91. The van der Waals surface area contributed by atoms with Crippen LogP contribution < -0.4 is 10.6 Å². The number of halogens is 2. The summed E-state index contributed by atoms with van der Waals surface area (Å²) in [4.78, 5) is 40.9. The number of benzene rings is 1. The quantitative estimate of drug-likeness (QED) is 0.534. The molecule has 1 aromatic rings. The highest BCUT2D eigenvalue weighted by molar-refractivity contribution is 6.01. The van der Waals surface area contributed by atoms with Gasteiger partial charge in [0.25, 0.3) is 0 Å². The second kappa shape index (κ2) is 11.7. The highest BCUT2D eigenvalue weighted by Gasteiger charge is 2.52. The Morgan fingerprint density at radius 3 is 2.12 bits per heavy atom. The summed E-state index contributed by atoms with van der Waals surface area (Å²) in [6, 6.07) is 2.54. The molecule has 2 fully saturated rings. The fraction of sp³-hybridized carbons (Fsp3) is 0.690. The summed E-state index contributed by atoms with van der Waals surface area (Å²) < 4.78 is 45.7. The van der Waals surface area contributed by atoms with E-state index >= 15 is 0 Å². The predicted molar refractivity (Wildman–Crippen MR) is 144 cm³/mol. The van der Waals surface area contributed by atoms with Crippen LogP contribution in [0, 0.1) is 17.0 Å².